The number of anilines is 2. The van der Waals surface area contributed by atoms with Gasteiger partial charge in [-0.05, 0) is 46.9 Å². The van der Waals surface area contributed by atoms with Crippen LogP contribution >= 0.6 is 34.2 Å². The Kier molecular flexibility index (Phi) is 4.42. The zero-order valence-corrected chi connectivity index (χ0v) is 12.8. The Hall–Kier alpha value is -1.85. The highest BCUT2D eigenvalue weighted by atomic mass is 127. The monoisotopic (exact) mass is 399 g/mol. The molecular weight excluding hydrogens is 393 g/mol. The van der Waals surface area contributed by atoms with E-state index in [4.69, 9.17) is 16.9 Å². The SMILES string of the molecule is N#Cc1cc([N+](=O)[O-])ccc1Nc1ccc(I)cc1Cl. The summed E-state index contributed by atoms with van der Waals surface area (Å²) in [5.74, 6) is 0. The summed E-state index contributed by atoms with van der Waals surface area (Å²) >= 11 is 8.24. The Labute approximate surface area is 133 Å². The number of nitriles is 1. The first-order chi connectivity index (χ1) is 9.51. The average Bonchev–Trinajstić information content (AvgIpc) is 2.42. The molecule has 0 aliphatic rings. The molecule has 0 atom stereocenters. The minimum Gasteiger partial charge on any atom is -0.353 e. The lowest BCUT2D eigenvalue weighted by molar-refractivity contribution is -0.384. The van der Waals surface area contributed by atoms with Crippen LogP contribution in [0, 0.1) is 25.0 Å². The van der Waals surface area contributed by atoms with Crippen molar-refractivity contribution in [3.8, 4) is 6.07 Å². The second kappa shape index (κ2) is 6.07. The molecule has 100 valence electrons. The molecule has 5 nitrogen and oxygen atoms in total. The highest BCUT2D eigenvalue weighted by Gasteiger charge is 2.11. The normalized spacial score (nSPS) is 9.85. The predicted octanol–water partition coefficient (Wildman–Crippen LogP) is 4.47. The first-order valence-electron chi connectivity index (χ1n) is 5.42. The van der Waals surface area contributed by atoms with Crippen LogP contribution in [0.5, 0.6) is 0 Å². The Morgan fingerprint density at radius 1 is 1.25 bits per heavy atom. The number of nitrogens with one attached hydrogen (secondary N) is 1. The molecule has 2 aromatic carbocycles. The largest absolute Gasteiger partial charge is 0.353 e. The van der Waals surface area contributed by atoms with Crippen molar-refractivity contribution in [2.45, 2.75) is 0 Å². The lowest BCUT2D eigenvalue weighted by atomic mass is 10.1. The van der Waals surface area contributed by atoms with Crippen molar-refractivity contribution in [2.24, 2.45) is 0 Å². The highest BCUT2D eigenvalue weighted by Crippen LogP contribution is 2.30. The number of hydrogen-bond donors (Lipinski definition) is 1. The zero-order valence-electron chi connectivity index (χ0n) is 9.93. The topological polar surface area (TPSA) is 79.0 Å². The molecule has 0 fully saturated rings. The fourth-order valence-corrected chi connectivity index (χ4v) is 2.49. The minimum absolute atomic E-state index is 0.124. The van der Waals surface area contributed by atoms with Crippen LogP contribution in [0.2, 0.25) is 5.02 Å². The number of benzene rings is 2. The van der Waals surface area contributed by atoms with E-state index >= 15 is 0 Å². The van der Waals surface area contributed by atoms with Gasteiger partial charge in [0.1, 0.15) is 6.07 Å². The summed E-state index contributed by atoms with van der Waals surface area (Å²) in [6.07, 6.45) is 0. The molecule has 2 rings (SSSR count). The third kappa shape index (κ3) is 3.18. The molecule has 0 saturated heterocycles. The van der Waals surface area contributed by atoms with Gasteiger partial charge in [-0.2, -0.15) is 5.26 Å². The van der Waals surface area contributed by atoms with Crippen molar-refractivity contribution < 1.29 is 4.92 Å². The Balaban J connectivity index is 2.39. The van der Waals surface area contributed by atoms with Crippen molar-refractivity contribution in [3.05, 3.63) is 60.7 Å². The average molecular weight is 400 g/mol. The molecule has 0 bridgehead atoms. The van der Waals surface area contributed by atoms with Gasteiger partial charge in [0.15, 0.2) is 0 Å². The molecule has 0 spiro atoms. The van der Waals surface area contributed by atoms with Gasteiger partial charge in [-0.1, -0.05) is 11.6 Å². The van der Waals surface area contributed by atoms with Gasteiger partial charge in [-0.15, -0.1) is 0 Å². The van der Waals surface area contributed by atoms with Crippen molar-refractivity contribution in [1.82, 2.24) is 0 Å². The second-order valence-corrected chi connectivity index (χ2v) is 5.50. The first kappa shape index (κ1) is 14.6. The maximum atomic E-state index is 10.7. The molecule has 0 aliphatic heterocycles. The van der Waals surface area contributed by atoms with Gasteiger partial charge in [-0.3, -0.25) is 10.1 Å². The number of hydrogen-bond acceptors (Lipinski definition) is 4. The Bertz CT molecular complexity index is 728. The van der Waals surface area contributed by atoms with E-state index in [2.05, 4.69) is 27.9 Å². The van der Waals surface area contributed by atoms with E-state index in [1.807, 2.05) is 12.1 Å². The van der Waals surface area contributed by atoms with E-state index in [0.717, 1.165) is 3.57 Å². The number of nitro benzene ring substituents is 1. The van der Waals surface area contributed by atoms with E-state index in [1.54, 1.807) is 12.1 Å². The molecular formula is C13H7ClIN3O2. The van der Waals surface area contributed by atoms with Crippen LogP contribution in [-0.4, -0.2) is 4.92 Å². The molecule has 0 aromatic heterocycles. The summed E-state index contributed by atoms with van der Waals surface area (Å²) in [5, 5.41) is 23.3. The van der Waals surface area contributed by atoms with E-state index in [-0.39, 0.29) is 11.3 Å². The van der Waals surface area contributed by atoms with E-state index in [1.165, 1.54) is 18.2 Å². The van der Waals surface area contributed by atoms with E-state index in [0.29, 0.717) is 16.4 Å². The summed E-state index contributed by atoms with van der Waals surface area (Å²) in [6, 6.07) is 11.4. The first-order valence-corrected chi connectivity index (χ1v) is 6.87. The number of nitrogens with zero attached hydrogens (tertiary/aromatic N) is 2. The quantitative estimate of drug-likeness (QED) is 0.469. The lowest BCUT2D eigenvalue weighted by Crippen LogP contribution is -1.96. The molecule has 1 N–H and O–H groups in total. The smallest absolute Gasteiger partial charge is 0.270 e. The summed E-state index contributed by atoms with van der Waals surface area (Å²) < 4.78 is 0.988. The summed E-state index contributed by atoms with van der Waals surface area (Å²) in [5.41, 5.74) is 1.17. The maximum Gasteiger partial charge on any atom is 0.270 e. The van der Waals surface area contributed by atoms with Crippen LogP contribution in [0.15, 0.2) is 36.4 Å². The van der Waals surface area contributed by atoms with Crippen LogP contribution in [0.25, 0.3) is 0 Å². The van der Waals surface area contributed by atoms with Gasteiger partial charge >= 0.3 is 0 Å². The summed E-state index contributed by atoms with van der Waals surface area (Å²) in [6.45, 7) is 0. The van der Waals surface area contributed by atoms with Crippen LogP contribution in [0.4, 0.5) is 17.1 Å². The van der Waals surface area contributed by atoms with Crippen molar-refractivity contribution >= 4 is 51.3 Å². The third-order valence-corrected chi connectivity index (χ3v) is 3.52. The van der Waals surface area contributed by atoms with Crippen LogP contribution < -0.4 is 5.32 Å². The molecule has 0 radical (unpaired) electrons. The molecule has 20 heavy (non-hydrogen) atoms. The van der Waals surface area contributed by atoms with Gasteiger partial charge in [0, 0.05) is 15.7 Å². The zero-order chi connectivity index (χ0) is 14.7. The lowest BCUT2D eigenvalue weighted by Gasteiger charge is -2.10. The second-order valence-electron chi connectivity index (χ2n) is 3.85. The number of nitro groups is 1. The number of halogens is 2. The fraction of sp³-hybridized carbons (Fsp3) is 0. The molecule has 0 unspecified atom stereocenters. The van der Waals surface area contributed by atoms with Gasteiger partial charge in [0.05, 0.1) is 26.9 Å². The summed E-state index contributed by atoms with van der Waals surface area (Å²) in [4.78, 5) is 10.1. The van der Waals surface area contributed by atoms with E-state index < -0.39 is 4.92 Å². The molecule has 0 amide bonds. The van der Waals surface area contributed by atoms with Crippen molar-refractivity contribution in [3.63, 3.8) is 0 Å². The van der Waals surface area contributed by atoms with Crippen LogP contribution in [0.1, 0.15) is 5.56 Å². The molecule has 7 heteroatoms. The Morgan fingerprint density at radius 2 is 1.95 bits per heavy atom. The van der Waals surface area contributed by atoms with Crippen molar-refractivity contribution in [1.29, 1.82) is 5.26 Å². The highest BCUT2D eigenvalue weighted by molar-refractivity contribution is 14.1. The Morgan fingerprint density at radius 3 is 2.55 bits per heavy atom. The number of rotatable bonds is 3. The van der Waals surface area contributed by atoms with E-state index in [9.17, 15) is 10.1 Å². The van der Waals surface area contributed by atoms with Gasteiger partial charge in [-0.25, -0.2) is 0 Å². The minimum atomic E-state index is -0.539. The maximum absolute atomic E-state index is 10.7. The number of non-ortho nitro benzene ring substituents is 1. The van der Waals surface area contributed by atoms with Crippen molar-refractivity contribution in [2.75, 3.05) is 5.32 Å². The van der Waals surface area contributed by atoms with Gasteiger partial charge in [0.2, 0.25) is 0 Å². The van der Waals surface area contributed by atoms with Crippen LogP contribution in [-0.2, 0) is 0 Å². The molecule has 2 aromatic rings. The van der Waals surface area contributed by atoms with Gasteiger partial charge < -0.3 is 5.32 Å². The standard InChI is InChI=1S/C13H7ClIN3O2/c14-11-6-9(15)1-3-13(11)17-12-4-2-10(18(19)20)5-8(12)7-16/h1-6,17H. The molecule has 0 saturated carbocycles. The molecule has 0 heterocycles. The third-order valence-electron chi connectivity index (χ3n) is 2.53. The predicted molar refractivity (Wildman–Crippen MR) is 85.3 cm³/mol. The fourth-order valence-electron chi connectivity index (χ4n) is 1.58. The summed E-state index contributed by atoms with van der Waals surface area (Å²) in [7, 11) is 0. The molecule has 0 aliphatic carbocycles. The van der Waals surface area contributed by atoms with Gasteiger partial charge in [0.25, 0.3) is 5.69 Å². The van der Waals surface area contributed by atoms with Crippen LogP contribution in [0.3, 0.4) is 0 Å².